The lowest BCUT2D eigenvalue weighted by atomic mass is 9.88. The number of rotatable bonds is 6. The summed E-state index contributed by atoms with van der Waals surface area (Å²) in [5, 5.41) is 7.61. The molecule has 1 aliphatic heterocycles. The lowest BCUT2D eigenvalue weighted by molar-refractivity contribution is -0.00737. The zero-order chi connectivity index (χ0) is 21.3. The third-order valence-corrected chi connectivity index (χ3v) is 6.78. The molecule has 0 N–H and O–H groups in total. The first kappa shape index (κ1) is 21.4. The standard InChI is InChI=1S/C23H20Cl2N2OS2/c1-14-7-15(3-5-20(14)22(29)6-4-19-12-30-13-26-19)21-11-23(2,28-27-21)16-8-17(24)10-18(25)9-16/h3,5,7-10,12-13H,4,6,11H2,1-2H3. The summed E-state index contributed by atoms with van der Waals surface area (Å²) in [4.78, 5) is 11.1. The van der Waals surface area contributed by atoms with Crippen molar-refractivity contribution < 1.29 is 4.84 Å². The van der Waals surface area contributed by atoms with E-state index in [9.17, 15) is 0 Å². The van der Waals surface area contributed by atoms with Gasteiger partial charge in [0.15, 0.2) is 5.60 Å². The minimum Gasteiger partial charge on any atom is -0.384 e. The van der Waals surface area contributed by atoms with Crippen LogP contribution >= 0.6 is 46.8 Å². The van der Waals surface area contributed by atoms with E-state index in [2.05, 4.69) is 40.6 Å². The van der Waals surface area contributed by atoms with Crippen LogP contribution in [0.4, 0.5) is 0 Å². The van der Waals surface area contributed by atoms with Crippen molar-refractivity contribution in [1.82, 2.24) is 4.98 Å². The summed E-state index contributed by atoms with van der Waals surface area (Å²) in [6.07, 6.45) is 2.32. The van der Waals surface area contributed by atoms with Gasteiger partial charge in [0.05, 0.1) is 16.9 Å². The second kappa shape index (κ2) is 8.75. The van der Waals surface area contributed by atoms with Gasteiger partial charge in [-0.1, -0.05) is 52.7 Å². The van der Waals surface area contributed by atoms with E-state index in [0.717, 1.165) is 51.4 Å². The summed E-state index contributed by atoms with van der Waals surface area (Å²) in [5.74, 6) is 0. The molecule has 30 heavy (non-hydrogen) atoms. The molecule has 0 amide bonds. The highest BCUT2D eigenvalue weighted by Crippen LogP contribution is 2.38. The number of halogens is 2. The Morgan fingerprint density at radius 1 is 1.20 bits per heavy atom. The van der Waals surface area contributed by atoms with Crippen LogP contribution in [0.15, 0.2) is 52.4 Å². The molecule has 1 atom stereocenters. The number of benzene rings is 2. The molecule has 3 nitrogen and oxygen atoms in total. The molecule has 2 heterocycles. The van der Waals surface area contributed by atoms with Crippen LogP contribution in [-0.2, 0) is 16.9 Å². The highest BCUT2D eigenvalue weighted by Gasteiger charge is 2.37. The molecule has 0 radical (unpaired) electrons. The molecular weight excluding hydrogens is 455 g/mol. The second-order valence-corrected chi connectivity index (χ2v) is 9.71. The first-order valence-electron chi connectivity index (χ1n) is 9.57. The molecule has 1 aromatic heterocycles. The predicted octanol–water partition coefficient (Wildman–Crippen LogP) is 7.15. The van der Waals surface area contributed by atoms with E-state index in [1.807, 2.05) is 24.6 Å². The van der Waals surface area contributed by atoms with Gasteiger partial charge < -0.3 is 4.84 Å². The van der Waals surface area contributed by atoms with Crippen molar-refractivity contribution in [2.45, 2.75) is 38.7 Å². The minimum absolute atomic E-state index is 0.585. The van der Waals surface area contributed by atoms with Gasteiger partial charge in [0.1, 0.15) is 0 Å². The van der Waals surface area contributed by atoms with E-state index < -0.39 is 5.60 Å². The van der Waals surface area contributed by atoms with Crippen LogP contribution in [-0.4, -0.2) is 15.6 Å². The van der Waals surface area contributed by atoms with Crippen molar-refractivity contribution in [2.24, 2.45) is 5.16 Å². The molecule has 2 aromatic carbocycles. The monoisotopic (exact) mass is 474 g/mol. The van der Waals surface area contributed by atoms with Crippen LogP contribution in [0.2, 0.25) is 10.0 Å². The van der Waals surface area contributed by atoms with E-state index in [-0.39, 0.29) is 0 Å². The molecule has 0 bridgehead atoms. The Kier molecular flexibility index (Phi) is 6.26. The predicted molar refractivity (Wildman–Crippen MR) is 129 cm³/mol. The summed E-state index contributed by atoms with van der Waals surface area (Å²) in [7, 11) is 0. The summed E-state index contributed by atoms with van der Waals surface area (Å²) in [6.45, 7) is 4.08. The first-order valence-corrected chi connectivity index (χ1v) is 11.7. The average Bonchev–Trinajstić information content (AvgIpc) is 3.36. The Labute approximate surface area is 195 Å². The van der Waals surface area contributed by atoms with Crippen molar-refractivity contribution in [3.63, 3.8) is 0 Å². The molecule has 4 rings (SSSR count). The SMILES string of the molecule is Cc1cc(C2=NOC(C)(c3cc(Cl)cc(Cl)c3)C2)ccc1C(=S)CCc1cscn1. The zero-order valence-corrected chi connectivity index (χ0v) is 19.8. The van der Waals surface area contributed by atoms with Crippen molar-refractivity contribution in [3.8, 4) is 0 Å². The summed E-state index contributed by atoms with van der Waals surface area (Å²) in [6, 6.07) is 11.7. The Morgan fingerprint density at radius 2 is 1.97 bits per heavy atom. The highest BCUT2D eigenvalue weighted by atomic mass is 35.5. The average molecular weight is 475 g/mol. The van der Waals surface area contributed by atoms with Crippen LogP contribution < -0.4 is 0 Å². The zero-order valence-electron chi connectivity index (χ0n) is 16.6. The molecule has 1 unspecified atom stereocenters. The maximum absolute atomic E-state index is 6.18. The van der Waals surface area contributed by atoms with E-state index in [1.165, 1.54) is 0 Å². The largest absolute Gasteiger partial charge is 0.384 e. The van der Waals surface area contributed by atoms with Gasteiger partial charge in [-0.15, -0.1) is 11.3 Å². The molecule has 0 aliphatic carbocycles. The van der Waals surface area contributed by atoms with E-state index in [4.69, 9.17) is 40.3 Å². The topological polar surface area (TPSA) is 34.5 Å². The molecule has 7 heteroatoms. The molecule has 0 saturated carbocycles. The summed E-state index contributed by atoms with van der Waals surface area (Å²) in [5.41, 5.74) is 7.44. The number of hydrogen-bond acceptors (Lipinski definition) is 5. The lowest BCUT2D eigenvalue weighted by Gasteiger charge is -2.22. The van der Waals surface area contributed by atoms with E-state index in [0.29, 0.717) is 16.5 Å². The van der Waals surface area contributed by atoms with Crippen molar-refractivity contribution in [2.75, 3.05) is 0 Å². The van der Waals surface area contributed by atoms with Gasteiger partial charge in [0.2, 0.25) is 0 Å². The number of thiazole rings is 1. The molecule has 1 aliphatic rings. The van der Waals surface area contributed by atoms with Crippen LogP contribution in [0, 0.1) is 6.92 Å². The number of aromatic nitrogens is 1. The van der Waals surface area contributed by atoms with E-state index in [1.54, 1.807) is 17.4 Å². The van der Waals surface area contributed by atoms with Gasteiger partial charge in [0, 0.05) is 32.3 Å². The van der Waals surface area contributed by atoms with Gasteiger partial charge in [0.25, 0.3) is 0 Å². The van der Waals surface area contributed by atoms with Gasteiger partial charge in [-0.3, -0.25) is 0 Å². The Morgan fingerprint density at radius 3 is 2.63 bits per heavy atom. The molecular formula is C23H20Cl2N2OS2. The number of aryl methyl sites for hydroxylation is 2. The highest BCUT2D eigenvalue weighted by molar-refractivity contribution is 7.80. The molecule has 0 spiro atoms. The fourth-order valence-electron chi connectivity index (χ4n) is 3.60. The van der Waals surface area contributed by atoms with Crippen molar-refractivity contribution >= 4 is 57.3 Å². The molecule has 154 valence electrons. The van der Waals surface area contributed by atoms with E-state index >= 15 is 0 Å². The third-order valence-electron chi connectivity index (χ3n) is 5.29. The smallest absolute Gasteiger partial charge is 0.165 e. The quantitative estimate of drug-likeness (QED) is 0.281. The van der Waals surface area contributed by atoms with Crippen LogP contribution in [0.25, 0.3) is 0 Å². The van der Waals surface area contributed by atoms with Gasteiger partial charge in [-0.2, -0.15) is 0 Å². The van der Waals surface area contributed by atoms with Gasteiger partial charge in [-0.25, -0.2) is 4.98 Å². The normalized spacial score (nSPS) is 18.2. The second-order valence-electron chi connectivity index (χ2n) is 7.63. The lowest BCUT2D eigenvalue weighted by Crippen LogP contribution is -2.22. The summed E-state index contributed by atoms with van der Waals surface area (Å²) < 4.78 is 0. The van der Waals surface area contributed by atoms with Crippen molar-refractivity contribution in [3.05, 3.63) is 85.3 Å². The molecule has 0 fully saturated rings. The minimum atomic E-state index is -0.598. The first-order chi connectivity index (χ1) is 14.3. The van der Waals surface area contributed by atoms with Crippen LogP contribution in [0.3, 0.4) is 0 Å². The van der Waals surface area contributed by atoms with Gasteiger partial charge in [-0.05, 0) is 67.6 Å². The van der Waals surface area contributed by atoms with Gasteiger partial charge >= 0.3 is 0 Å². The number of hydrogen-bond donors (Lipinski definition) is 0. The maximum Gasteiger partial charge on any atom is 0.165 e. The molecule has 3 aromatic rings. The Balaban J connectivity index is 1.48. The Bertz CT molecular complexity index is 1110. The maximum atomic E-state index is 6.18. The number of thiocarbonyl (C=S) groups is 1. The van der Waals surface area contributed by atoms with Crippen LogP contribution in [0.1, 0.15) is 47.7 Å². The van der Waals surface area contributed by atoms with Crippen LogP contribution in [0.5, 0.6) is 0 Å². The fraction of sp³-hybridized carbons (Fsp3) is 0.261. The van der Waals surface area contributed by atoms with Crippen molar-refractivity contribution in [1.29, 1.82) is 0 Å². The summed E-state index contributed by atoms with van der Waals surface area (Å²) >= 11 is 19.6. The number of oxime groups is 1. The molecule has 0 saturated heterocycles. The fourth-order valence-corrected chi connectivity index (χ4v) is 5.05. The third kappa shape index (κ3) is 4.59. The number of nitrogens with zero attached hydrogens (tertiary/aromatic N) is 2. The Hall–Kier alpha value is -1.79.